The van der Waals surface area contributed by atoms with Gasteiger partial charge in [-0.15, -0.1) is 0 Å². The number of benzene rings is 1. The number of carbonyl (C=O) groups is 2. The van der Waals surface area contributed by atoms with Gasteiger partial charge in [-0.1, -0.05) is 6.07 Å². The van der Waals surface area contributed by atoms with Crippen molar-refractivity contribution >= 4 is 12.0 Å². The number of rotatable bonds is 4. The van der Waals surface area contributed by atoms with Gasteiger partial charge in [-0.05, 0) is 25.1 Å². The number of nitriles is 1. The van der Waals surface area contributed by atoms with Gasteiger partial charge in [0.2, 0.25) is 0 Å². The first kappa shape index (κ1) is 13.9. The minimum Gasteiger partial charge on any atom is -0.448 e. The van der Waals surface area contributed by atoms with Crippen LogP contribution in [-0.2, 0) is 4.74 Å². The third kappa shape index (κ3) is 3.26. The number of nitrogens with one attached hydrogen (secondary N) is 1. The van der Waals surface area contributed by atoms with Crippen LogP contribution < -0.4 is 5.32 Å². The van der Waals surface area contributed by atoms with Crippen molar-refractivity contribution in [1.82, 2.24) is 10.2 Å². The fraction of sp³-hybridized carbons (Fsp3) is 0.357. The Morgan fingerprint density at radius 2 is 2.40 bits per heavy atom. The van der Waals surface area contributed by atoms with Crippen molar-refractivity contribution in [3.63, 3.8) is 0 Å². The van der Waals surface area contributed by atoms with Gasteiger partial charge in [-0.3, -0.25) is 4.79 Å². The van der Waals surface area contributed by atoms with Crippen molar-refractivity contribution < 1.29 is 14.3 Å². The highest BCUT2D eigenvalue weighted by atomic mass is 16.6. The zero-order valence-corrected chi connectivity index (χ0v) is 11.1. The first-order valence-corrected chi connectivity index (χ1v) is 6.33. The van der Waals surface area contributed by atoms with Gasteiger partial charge in [0, 0.05) is 18.2 Å². The summed E-state index contributed by atoms with van der Waals surface area (Å²) in [6.07, 6.45) is -0.349. The van der Waals surface area contributed by atoms with E-state index in [0.29, 0.717) is 30.8 Å². The molecule has 0 aliphatic carbocycles. The van der Waals surface area contributed by atoms with E-state index in [9.17, 15) is 9.59 Å². The number of amides is 2. The molecule has 0 unspecified atom stereocenters. The van der Waals surface area contributed by atoms with Gasteiger partial charge in [0.15, 0.2) is 0 Å². The number of hydrogen-bond donors (Lipinski definition) is 1. The summed E-state index contributed by atoms with van der Waals surface area (Å²) < 4.78 is 4.82. The molecule has 0 saturated carbocycles. The van der Waals surface area contributed by atoms with E-state index in [-0.39, 0.29) is 18.0 Å². The smallest absolute Gasteiger partial charge is 0.410 e. The Morgan fingerprint density at radius 3 is 3.05 bits per heavy atom. The van der Waals surface area contributed by atoms with Crippen molar-refractivity contribution in [1.29, 1.82) is 5.26 Å². The molecule has 6 nitrogen and oxygen atoms in total. The Bertz CT molecular complexity index is 565. The maximum absolute atomic E-state index is 12.0. The standard InChI is InChI=1S/C14H15N3O3/c1-10(9-17-5-6-20-14(17)19)16-13(18)12-4-2-3-11(7-12)8-15/h2-4,7,10H,5-6,9H2,1H3,(H,16,18)/t10-/m1/s1. The molecule has 1 aliphatic heterocycles. The summed E-state index contributed by atoms with van der Waals surface area (Å²) in [5.74, 6) is -0.262. The minimum atomic E-state index is -0.349. The Labute approximate surface area is 116 Å². The predicted octanol–water partition coefficient (Wildman–Crippen LogP) is 1.13. The normalized spacial score (nSPS) is 15.4. The summed E-state index contributed by atoms with van der Waals surface area (Å²) in [5.41, 5.74) is 0.869. The third-order valence-electron chi connectivity index (χ3n) is 2.97. The number of carbonyl (C=O) groups excluding carboxylic acids is 2. The van der Waals surface area contributed by atoms with Crippen LogP contribution in [0.5, 0.6) is 0 Å². The van der Waals surface area contributed by atoms with Gasteiger partial charge in [-0.25, -0.2) is 4.79 Å². The SMILES string of the molecule is C[C@H](CN1CCOC1=O)NC(=O)c1cccc(C#N)c1. The summed E-state index contributed by atoms with van der Waals surface area (Å²) in [5, 5.41) is 11.6. The molecular formula is C14H15N3O3. The fourth-order valence-electron chi connectivity index (χ4n) is 2.00. The van der Waals surface area contributed by atoms with Crippen molar-refractivity contribution in [2.24, 2.45) is 0 Å². The van der Waals surface area contributed by atoms with Crippen molar-refractivity contribution in [2.75, 3.05) is 19.7 Å². The molecule has 1 fully saturated rings. The van der Waals surface area contributed by atoms with E-state index >= 15 is 0 Å². The van der Waals surface area contributed by atoms with Crippen LogP contribution in [0, 0.1) is 11.3 Å². The van der Waals surface area contributed by atoms with E-state index in [2.05, 4.69) is 5.32 Å². The molecule has 0 bridgehead atoms. The molecule has 104 valence electrons. The molecule has 0 aromatic heterocycles. The van der Waals surface area contributed by atoms with Gasteiger partial charge in [0.05, 0.1) is 18.2 Å². The van der Waals surface area contributed by atoms with Crippen LogP contribution in [-0.4, -0.2) is 42.6 Å². The van der Waals surface area contributed by atoms with E-state index in [0.717, 1.165) is 0 Å². The molecule has 1 aromatic carbocycles. The Morgan fingerprint density at radius 1 is 1.60 bits per heavy atom. The third-order valence-corrected chi connectivity index (χ3v) is 2.97. The van der Waals surface area contributed by atoms with E-state index in [1.54, 1.807) is 23.1 Å². The molecule has 1 N–H and O–H groups in total. The van der Waals surface area contributed by atoms with Crippen molar-refractivity contribution in [3.8, 4) is 6.07 Å². The molecule has 6 heteroatoms. The topological polar surface area (TPSA) is 82.4 Å². The highest BCUT2D eigenvalue weighted by molar-refractivity contribution is 5.94. The fourth-order valence-corrected chi connectivity index (χ4v) is 2.00. The summed E-state index contributed by atoms with van der Waals surface area (Å²) in [6, 6.07) is 8.28. The number of nitrogens with zero attached hydrogens (tertiary/aromatic N) is 2. The number of hydrogen-bond acceptors (Lipinski definition) is 4. The minimum absolute atomic E-state index is 0.195. The van der Waals surface area contributed by atoms with Crippen molar-refractivity contribution in [2.45, 2.75) is 13.0 Å². The number of ether oxygens (including phenoxy) is 1. The summed E-state index contributed by atoms with van der Waals surface area (Å²) in [7, 11) is 0. The lowest BCUT2D eigenvalue weighted by molar-refractivity contribution is 0.0930. The van der Waals surface area contributed by atoms with Crippen LogP contribution in [0.3, 0.4) is 0 Å². The molecule has 1 heterocycles. The van der Waals surface area contributed by atoms with Crippen molar-refractivity contribution in [3.05, 3.63) is 35.4 Å². The van der Waals surface area contributed by atoms with Crippen LogP contribution >= 0.6 is 0 Å². The zero-order valence-electron chi connectivity index (χ0n) is 11.1. The average molecular weight is 273 g/mol. The zero-order chi connectivity index (χ0) is 14.5. The number of cyclic esters (lactones) is 1. The van der Waals surface area contributed by atoms with E-state index in [1.807, 2.05) is 13.0 Å². The molecular weight excluding hydrogens is 258 g/mol. The molecule has 1 aromatic rings. The van der Waals surface area contributed by atoms with E-state index in [4.69, 9.17) is 10.00 Å². The lowest BCUT2D eigenvalue weighted by atomic mass is 10.1. The summed E-state index contributed by atoms with van der Waals surface area (Å²) in [4.78, 5) is 24.9. The second kappa shape index (κ2) is 6.06. The lowest BCUT2D eigenvalue weighted by Crippen LogP contribution is -2.42. The Balaban J connectivity index is 1.93. The van der Waals surface area contributed by atoms with E-state index < -0.39 is 0 Å². The summed E-state index contributed by atoms with van der Waals surface area (Å²) >= 11 is 0. The van der Waals surface area contributed by atoms with Crippen LogP contribution in [0.2, 0.25) is 0 Å². The maximum Gasteiger partial charge on any atom is 0.410 e. The highest BCUT2D eigenvalue weighted by Gasteiger charge is 2.24. The van der Waals surface area contributed by atoms with Crippen LogP contribution in [0.1, 0.15) is 22.8 Å². The average Bonchev–Trinajstić information content (AvgIpc) is 2.84. The molecule has 0 radical (unpaired) electrons. The van der Waals surface area contributed by atoms with Crippen LogP contribution in [0.4, 0.5) is 4.79 Å². The molecule has 2 rings (SSSR count). The van der Waals surface area contributed by atoms with E-state index in [1.165, 1.54) is 6.07 Å². The molecule has 1 atom stereocenters. The predicted molar refractivity (Wildman–Crippen MR) is 71.0 cm³/mol. The lowest BCUT2D eigenvalue weighted by Gasteiger charge is -2.19. The van der Waals surface area contributed by atoms with Gasteiger partial charge in [0.25, 0.3) is 5.91 Å². The summed E-state index contributed by atoms with van der Waals surface area (Å²) in [6.45, 7) is 3.16. The molecule has 2 amide bonds. The quantitative estimate of drug-likeness (QED) is 0.891. The molecule has 1 aliphatic rings. The van der Waals surface area contributed by atoms with Gasteiger partial charge < -0.3 is 15.0 Å². The second-order valence-electron chi connectivity index (χ2n) is 4.63. The van der Waals surface area contributed by atoms with Gasteiger partial charge in [-0.2, -0.15) is 5.26 Å². The first-order chi connectivity index (χ1) is 9.60. The van der Waals surface area contributed by atoms with Crippen LogP contribution in [0.25, 0.3) is 0 Å². The Kier molecular flexibility index (Phi) is 4.20. The molecule has 20 heavy (non-hydrogen) atoms. The first-order valence-electron chi connectivity index (χ1n) is 6.33. The largest absolute Gasteiger partial charge is 0.448 e. The second-order valence-corrected chi connectivity index (χ2v) is 4.63. The highest BCUT2D eigenvalue weighted by Crippen LogP contribution is 2.06. The molecule has 0 spiro atoms. The maximum atomic E-state index is 12.0. The van der Waals surface area contributed by atoms with Gasteiger partial charge >= 0.3 is 6.09 Å². The Hall–Kier alpha value is -2.55. The monoisotopic (exact) mass is 273 g/mol. The van der Waals surface area contributed by atoms with Crippen LogP contribution in [0.15, 0.2) is 24.3 Å². The molecule has 1 saturated heterocycles. The van der Waals surface area contributed by atoms with Gasteiger partial charge in [0.1, 0.15) is 6.61 Å².